The Morgan fingerprint density at radius 3 is 1.83 bits per heavy atom. The Morgan fingerprint density at radius 2 is 1.33 bits per heavy atom. The lowest BCUT2D eigenvalue weighted by Crippen LogP contribution is -2.60. The van der Waals surface area contributed by atoms with Crippen LogP contribution in [0.1, 0.15) is 32.1 Å². The number of anilines is 1. The molecule has 4 atom stereocenters. The number of rotatable bonds is 6. The fourth-order valence-corrected chi connectivity index (χ4v) is 6.00. The topological polar surface area (TPSA) is 190 Å². The molecule has 0 radical (unpaired) electrons. The average Bonchev–Trinajstić information content (AvgIpc) is 3.55. The van der Waals surface area contributed by atoms with Gasteiger partial charge in [0.25, 0.3) is 0 Å². The van der Waals surface area contributed by atoms with Gasteiger partial charge in [0.15, 0.2) is 5.54 Å². The normalized spacial score (nSPS) is 21.5. The van der Waals surface area contributed by atoms with Gasteiger partial charge in [-0.1, -0.05) is 12.1 Å². The molecule has 0 spiro atoms. The number of benzene rings is 1. The number of para-hydroxylation sites is 2. The van der Waals surface area contributed by atoms with E-state index in [9.17, 15) is 34.0 Å². The predicted octanol–water partition coefficient (Wildman–Crippen LogP) is 0.244. The van der Waals surface area contributed by atoms with Crippen LogP contribution in [0.4, 0.5) is 5.69 Å². The van der Waals surface area contributed by atoms with Crippen molar-refractivity contribution in [1.29, 1.82) is 5.26 Å². The molecule has 1 aromatic carbocycles. The van der Waals surface area contributed by atoms with E-state index in [1.807, 2.05) is 6.07 Å². The van der Waals surface area contributed by atoms with Crippen molar-refractivity contribution in [2.24, 2.45) is 11.8 Å². The van der Waals surface area contributed by atoms with Crippen LogP contribution in [0.15, 0.2) is 24.3 Å². The molecule has 1 aromatic heterocycles. The average molecular weight is 584 g/mol. The number of esters is 6. The number of nitriles is 1. The standard InChI is InChI=1S/C27H25N3O12/c1-37-21(31)15-12(11-28)20-27(26(36)42-6)17(23(33)39-3)16(22(32)38-2)19(25(35)41-5)30(27)14-10-8-7-9-13(14)29(20)18(15)24(34)40-4/h7-10,16-17,19H,1-6H3/t16-,17-,19+,27-/m0/s1. The van der Waals surface area contributed by atoms with Crippen LogP contribution in [-0.2, 0) is 53.1 Å². The maximum Gasteiger partial charge on any atom is 0.356 e. The summed E-state index contributed by atoms with van der Waals surface area (Å²) in [6.45, 7) is 0. The van der Waals surface area contributed by atoms with E-state index in [-0.39, 0.29) is 11.4 Å². The highest BCUT2D eigenvalue weighted by molar-refractivity contribution is 6.10. The van der Waals surface area contributed by atoms with E-state index in [4.69, 9.17) is 28.4 Å². The fraction of sp³-hybridized carbons (Fsp3) is 0.370. The molecule has 0 amide bonds. The lowest BCUT2D eigenvalue weighted by Gasteiger charge is -2.46. The molecule has 0 aliphatic carbocycles. The van der Waals surface area contributed by atoms with Crippen molar-refractivity contribution in [3.05, 3.63) is 46.8 Å². The summed E-state index contributed by atoms with van der Waals surface area (Å²) in [5.41, 5.74) is -4.65. The molecule has 15 heteroatoms. The highest BCUT2D eigenvalue weighted by Gasteiger charge is 2.75. The minimum absolute atomic E-state index is 0.0205. The Morgan fingerprint density at radius 1 is 0.762 bits per heavy atom. The fourth-order valence-electron chi connectivity index (χ4n) is 6.00. The first-order valence-corrected chi connectivity index (χ1v) is 12.1. The summed E-state index contributed by atoms with van der Waals surface area (Å²) in [5.74, 6) is -10.6. The smallest absolute Gasteiger partial charge is 0.356 e. The van der Waals surface area contributed by atoms with Gasteiger partial charge in [0, 0.05) is 0 Å². The van der Waals surface area contributed by atoms with E-state index < -0.39 is 81.7 Å². The van der Waals surface area contributed by atoms with Crippen LogP contribution in [-0.4, -0.2) is 89.1 Å². The number of ether oxygens (including phenoxy) is 6. The van der Waals surface area contributed by atoms with Crippen LogP contribution >= 0.6 is 0 Å². The molecule has 2 aromatic rings. The van der Waals surface area contributed by atoms with Gasteiger partial charge < -0.3 is 37.9 Å². The third kappa shape index (κ3) is 3.64. The van der Waals surface area contributed by atoms with Crippen LogP contribution in [0, 0.1) is 23.2 Å². The third-order valence-corrected chi connectivity index (χ3v) is 7.47. The lowest BCUT2D eigenvalue weighted by atomic mass is 9.74. The maximum atomic E-state index is 14.2. The zero-order valence-electron chi connectivity index (χ0n) is 23.3. The van der Waals surface area contributed by atoms with Gasteiger partial charge in [0.05, 0.1) is 65.3 Å². The van der Waals surface area contributed by atoms with E-state index in [2.05, 4.69) is 0 Å². The number of hydrogen-bond donors (Lipinski definition) is 0. The Hall–Kier alpha value is -5.39. The molecule has 0 unspecified atom stereocenters. The van der Waals surface area contributed by atoms with Crippen molar-refractivity contribution in [3.8, 4) is 11.8 Å². The third-order valence-electron chi connectivity index (χ3n) is 7.47. The second-order valence-corrected chi connectivity index (χ2v) is 9.01. The van der Waals surface area contributed by atoms with Gasteiger partial charge in [0.1, 0.15) is 35.2 Å². The summed E-state index contributed by atoms with van der Waals surface area (Å²) < 4.78 is 31.1. The Bertz CT molecular complexity index is 1570. The first-order chi connectivity index (χ1) is 20.1. The molecular formula is C27H25N3O12. The van der Waals surface area contributed by atoms with Gasteiger partial charge in [-0.05, 0) is 12.1 Å². The van der Waals surface area contributed by atoms with Gasteiger partial charge in [-0.25, -0.2) is 19.2 Å². The van der Waals surface area contributed by atoms with Crippen LogP contribution in [0.2, 0.25) is 0 Å². The first kappa shape index (κ1) is 29.6. The lowest BCUT2D eigenvalue weighted by molar-refractivity contribution is -0.165. The number of methoxy groups -OCH3 is 6. The van der Waals surface area contributed by atoms with Crippen molar-refractivity contribution in [3.63, 3.8) is 0 Å². The molecule has 42 heavy (non-hydrogen) atoms. The van der Waals surface area contributed by atoms with Crippen LogP contribution in [0.5, 0.6) is 0 Å². The van der Waals surface area contributed by atoms with Crippen molar-refractivity contribution >= 4 is 41.5 Å². The largest absolute Gasteiger partial charge is 0.469 e. The summed E-state index contributed by atoms with van der Waals surface area (Å²) in [5, 5.41) is 10.5. The van der Waals surface area contributed by atoms with E-state index >= 15 is 0 Å². The van der Waals surface area contributed by atoms with Crippen molar-refractivity contribution in [1.82, 2.24) is 4.57 Å². The molecule has 1 saturated heterocycles. The molecule has 220 valence electrons. The summed E-state index contributed by atoms with van der Waals surface area (Å²) in [6.07, 6.45) is 0. The van der Waals surface area contributed by atoms with Crippen molar-refractivity contribution in [2.75, 3.05) is 47.6 Å². The van der Waals surface area contributed by atoms with Gasteiger partial charge in [0.2, 0.25) is 0 Å². The molecule has 3 heterocycles. The molecule has 0 N–H and O–H groups in total. The number of aromatic nitrogens is 1. The monoisotopic (exact) mass is 583 g/mol. The van der Waals surface area contributed by atoms with E-state index in [0.29, 0.717) is 0 Å². The second-order valence-electron chi connectivity index (χ2n) is 9.01. The summed E-state index contributed by atoms with van der Waals surface area (Å²) in [6, 6.07) is 6.05. The van der Waals surface area contributed by atoms with E-state index in [1.165, 1.54) is 24.3 Å². The minimum atomic E-state index is -2.59. The quantitative estimate of drug-likeness (QED) is 0.332. The summed E-state index contributed by atoms with van der Waals surface area (Å²) in [4.78, 5) is 82.3. The number of hydrogen-bond acceptors (Lipinski definition) is 14. The zero-order chi connectivity index (χ0) is 31.1. The number of carbonyl (C=O) groups excluding carboxylic acids is 6. The summed E-state index contributed by atoms with van der Waals surface area (Å²) >= 11 is 0. The van der Waals surface area contributed by atoms with Gasteiger partial charge >= 0.3 is 35.8 Å². The van der Waals surface area contributed by atoms with Crippen LogP contribution < -0.4 is 4.90 Å². The second kappa shape index (κ2) is 10.9. The highest BCUT2D eigenvalue weighted by atomic mass is 16.6. The Kier molecular flexibility index (Phi) is 7.67. The number of carbonyl (C=O) groups is 6. The maximum absolute atomic E-state index is 14.2. The molecule has 0 bridgehead atoms. The molecule has 2 aliphatic heterocycles. The summed E-state index contributed by atoms with van der Waals surface area (Å²) in [7, 11) is 6.04. The molecule has 4 rings (SSSR count). The molecule has 15 nitrogen and oxygen atoms in total. The minimum Gasteiger partial charge on any atom is -0.469 e. The number of fused-ring (bicyclic) bond motifs is 6. The molecule has 1 fully saturated rings. The first-order valence-electron chi connectivity index (χ1n) is 12.1. The van der Waals surface area contributed by atoms with Crippen LogP contribution in [0.25, 0.3) is 5.69 Å². The molecular weight excluding hydrogens is 558 g/mol. The van der Waals surface area contributed by atoms with E-state index in [0.717, 1.165) is 52.1 Å². The SMILES string of the molecule is COC(=O)c1c(C#N)c2n(c1C(=O)OC)-c1ccccc1N1[C@@H](C(=O)OC)[C@@H](C(=O)OC)[C@@H](C(=O)OC)[C@@]21C(=O)OC. The highest BCUT2D eigenvalue weighted by Crippen LogP contribution is 2.59. The van der Waals surface area contributed by atoms with Gasteiger partial charge in [-0.2, -0.15) is 5.26 Å². The van der Waals surface area contributed by atoms with Gasteiger partial charge in [-0.3, -0.25) is 9.59 Å². The van der Waals surface area contributed by atoms with Crippen molar-refractivity contribution in [2.45, 2.75) is 11.6 Å². The molecule has 2 aliphatic rings. The Balaban J connectivity index is 2.40. The molecule has 0 saturated carbocycles. The predicted molar refractivity (Wildman–Crippen MR) is 136 cm³/mol. The van der Waals surface area contributed by atoms with Crippen molar-refractivity contribution < 1.29 is 57.2 Å². The number of nitrogens with zero attached hydrogens (tertiary/aromatic N) is 3. The zero-order valence-corrected chi connectivity index (χ0v) is 23.3. The Labute approximate surface area is 238 Å². The van der Waals surface area contributed by atoms with Gasteiger partial charge in [-0.15, -0.1) is 0 Å². The van der Waals surface area contributed by atoms with Crippen LogP contribution in [0.3, 0.4) is 0 Å². The van der Waals surface area contributed by atoms with E-state index in [1.54, 1.807) is 0 Å².